The van der Waals surface area contributed by atoms with E-state index in [1.807, 2.05) is 53.4 Å². The van der Waals surface area contributed by atoms with Crippen molar-refractivity contribution in [2.75, 3.05) is 18.5 Å². The third-order valence-electron chi connectivity index (χ3n) is 2.95. The Hall–Kier alpha value is -2.76. The van der Waals surface area contributed by atoms with Gasteiger partial charge in [0.25, 0.3) is 0 Å². The van der Waals surface area contributed by atoms with Crippen LogP contribution in [0.15, 0.2) is 48.8 Å². The van der Waals surface area contributed by atoms with E-state index in [0.29, 0.717) is 12.3 Å². The summed E-state index contributed by atoms with van der Waals surface area (Å²) in [6.07, 6.45) is 4.06. The van der Waals surface area contributed by atoms with Crippen molar-refractivity contribution in [2.24, 2.45) is 0 Å². The summed E-state index contributed by atoms with van der Waals surface area (Å²) in [6, 6.07) is 11.0. The summed E-state index contributed by atoms with van der Waals surface area (Å²) in [6.45, 7) is 2.33. The zero-order valence-corrected chi connectivity index (χ0v) is 12.4. The molecular formula is C16H19N3O3. The molecular weight excluding hydrogens is 282 g/mol. The molecule has 0 fully saturated rings. The lowest BCUT2D eigenvalue weighted by Crippen LogP contribution is -2.30. The van der Waals surface area contributed by atoms with Gasteiger partial charge in [0, 0.05) is 30.3 Å². The van der Waals surface area contributed by atoms with Crippen molar-refractivity contribution in [2.45, 2.75) is 13.3 Å². The molecule has 2 aromatic rings. The van der Waals surface area contributed by atoms with Crippen molar-refractivity contribution in [3.05, 3.63) is 48.8 Å². The highest BCUT2D eigenvalue weighted by Crippen LogP contribution is 2.13. The number of benzene rings is 1. The van der Waals surface area contributed by atoms with E-state index in [-0.39, 0.29) is 25.0 Å². The summed E-state index contributed by atoms with van der Waals surface area (Å²) in [5, 5.41) is 5.32. The quantitative estimate of drug-likeness (QED) is 0.805. The minimum absolute atomic E-state index is 0.161. The van der Waals surface area contributed by atoms with Crippen LogP contribution in [0.25, 0.3) is 5.69 Å². The van der Waals surface area contributed by atoms with E-state index in [4.69, 9.17) is 4.74 Å². The number of anilines is 1. The third kappa shape index (κ3) is 4.66. The Morgan fingerprint density at radius 2 is 1.82 bits per heavy atom. The highest BCUT2D eigenvalue weighted by Gasteiger charge is 2.05. The van der Waals surface area contributed by atoms with Gasteiger partial charge in [-0.2, -0.15) is 0 Å². The summed E-state index contributed by atoms with van der Waals surface area (Å²) < 4.78 is 6.75. The number of rotatable bonds is 6. The third-order valence-corrected chi connectivity index (χ3v) is 2.95. The first-order valence-electron chi connectivity index (χ1n) is 7.13. The molecule has 2 amide bonds. The van der Waals surface area contributed by atoms with Gasteiger partial charge in [-0.3, -0.25) is 4.79 Å². The van der Waals surface area contributed by atoms with Gasteiger partial charge in [-0.1, -0.05) is 0 Å². The first kappa shape index (κ1) is 15.6. The second-order valence-corrected chi connectivity index (χ2v) is 4.57. The summed E-state index contributed by atoms with van der Waals surface area (Å²) >= 11 is 0. The Labute approximate surface area is 129 Å². The Morgan fingerprint density at radius 1 is 1.14 bits per heavy atom. The Kier molecular flexibility index (Phi) is 5.59. The fraction of sp³-hybridized carbons (Fsp3) is 0.250. The number of hydrogen-bond acceptors (Lipinski definition) is 3. The van der Waals surface area contributed by atoms with Crippen LogP contribution in [-0.4, -0.2) is 29.7 Å². The lowest BCUT2D eigenvalue weighted by Gasteiger charge is -2.08. The number of carbonyl (C=O) groups is 2. The highest BCUT2D eigenvalue weighted by atomic mass is 16.5. The van der Waals surface area contributed by atoms with E-state index in [1.54, 1.807) is 6.92 Å². The van der Waals surface area contributed by atoms with Gasteiger partial charge >= 0.3 is 12.0 Å². The molecule has 0 saturated heterocycles. The van der Waals surface area contributed by atoms with Gasteiger partial charge < -0.3 is 19.9 Å². The van der Waals surface area contributed by atoms with Crippen LogP contribution in [0.1, 0.15) is 13.3 Å². The van der Waals surface area contributed by atoms with Crippen molar-refractivity contribution in [1.82, 2.24) is 9.88 Å². The summed E-state index contributed by atoms with van der Waals surface area (Å²) in [5.41, 5.74) is 1.70. The Balaban J connectivity index is 1.78. The maximum Gasteiger partial charge on any atom is 0.319 e. The minimum atomic E-state index is -0.349. The number of carbonyl (C=O) groups excluding carboxylic acids is 2. The maximum atomic E-state index is 11.7. The zero-order valence-electron chi connectivity index (χ0n) is 12.4. The Bertz CT molecular complexity index is 606. The van der Waals surface area contributed by atoms with Gasteiger partial charge in [-0.15, -0.1) is 0 Å². The molecule has 0 saturated carbocycles. The molecule has 1 aromatic heterocycles. The molecule has 6 heteroatoms. The number of hydrogen-bond donors (Lipinski definition) is 2. The first-order valence-corrected chi connectivity index (χ1v) is 7.13. The van der Waals surface area contributed by atoms with Crippen LogP contribution in [0.3, 0.4) is 0 Å². The van der Waals surface area contributed by atoms with E-state index in [1.165, 1.54) is 0 Å². The van der Waals surface area contributed by atoms with Gasteiger partial charge in [0.05, 0.1) is 13.0 Å². The smallest absolute Gasteiger partial charge is 0.319 e. The lowest BCUT2D eigenvalue weighted by molar-refractivity contribution is -0.142. The molecule has 0 atom stereocenters. The highest BCUT2D eigenvalue weighted by molar-refractivity contribution is 5.89. The van der Waals surface area contributed by atoms with E-state index in [9.17, 15) is 9.59 Å². The number of urea groups is 1. The van der Waals surface area contributed by atoms with Gasteiger partial charge in [-0.05, 0) is 43.3 Å². The molecule has 0 radical (unpaired) electrons. The van der Waals surface area contributed by atoms with Crippen molar-refractivity contribution in [3.63, 3.8) is 0 Å². The average Bonchev–Trinajstić information content (AvgIpc) is 3.02. The first-order chi connectivity index (χ1) is 10.7. The fourth-order valence-electron chi connectivity index (χ4n) is 1.91. The molecule has 0 unspecified atom stereocenters. The summed E-state index contributed by atoms with van der Waals surface area (Å²) in [4.78, 5) is 22.8. The van der Waals surface area contributed by atoms with E-state index >= 15 is 0 Å². The topological polar surface area (TPSA) is 72.4 Å². The molecule has 0 aliphatic rings. The number of esters is 1. The van der Waals surface area contributed by atoms with Crippen molar-refractivity contribution < 1.29 is 14.3 Å². The van der Waals surface area contributed by atoms with Crippen LogP contribution in [0, 0.1) is 0 Å². The van der Waals surface area contributed by atoms with Gasteiger partial charge in [0.15, 0.2) is 0 Å². The molecule has 22 heavy (non-hydrogen) atoms. The number of ether oxygens (including phenoxy) is 1. The van der Waals surface area contributed by atoms with Gasteiger partial charge in [-0.25, -0.2) is 4.79 Å². The van der Waals surface area contributed by atoms with E-state index < -0.39 is 0 Å². The van der Waals surface area contributed by atoms with Crippen LogP contribution < -0.4 is 10.6 Å². The molecule has 0 aliphatic carbocycles. The van der Waals surface area contributed by atoms with Crippen molar-refractivity contribution >= 4 is 17.7 Å². The van der Waals surface area contributed by atoms with E-state index in [2.05, 4.69) is 10.6 Å². The largest absolute Gasteiger partial charge is 0.466 e. The SMILES string of the molecule is CCOC(=O)CCNC(=O)Nc1ccc(-n2cccc2)cc1. The second kappa shape index (κ2) is 7.87. The molecule has 1 heterocycles. The number of nitrogens with one attached hydrogen (secondary N) is 2. The number of aromatic nitrogens is 1. The second-order valence-electron chi connectivity index (χ2n) is 4.57. The predicted molar refractivity (Wildman–Crippen MR) is 84.0 cm³/mol. The van der Waals surface area contributed by atoms with Crippen LogP contribution in [0.4, 0.5) is 10.5 Å². The van der Waals surface area contributed by atoms with Crippen LogP contribution in [0.5, 0.6) is 0 Å². The monoisotopic (exact) mass is 301 g/mol. The van der Waals surface area contributed by atoms with Crippen LogP contribution >= 0.6 is 0 Å². The standard InChI is InChI=1S/C16H19N3O3/c1-2-22-15(20)9-10-17-16(21)18-13-5-7-14(8-6-13)19-11-3-4-12-19/h3-8,11-12H,2,9-10H2,1H3,(H2,17,18,21). The van der Waals surface area contributed by atoms with E-state index in [0.717, 1.165) is 5.69 Å². The average molecular weight is 301 g/mol. The molecule has 6 nitrogen and oxygen atoms in total. The minimum Gasteiger partial charge on any atom is -0.466 e. The van der Waals surface area contributed by atoms with Crippen molar-refractivity contribution in [3.8, 4) is 5.69 Å². The fourth-order valence-corrected chi connectivity index (χ4v) is 1.91. The predicted octanol–water partition coefficient (Wildman–Crippen LogP) is 2.55. The lowest BCUT2D eigenvalue weighted by atomic mass is 10.3. The normalized spacial score (nSPS) is 10.0. The molecule has 2 rings (SSSR count). The molecule has 2 N–H and O–H groups in total. The molecule has 116 valence electrons. The van der Waals surface area contributed by atoms with Gasteiger partial charge in [0.1, 0.15) is 0 Å². The van der Waals surface area contributed by atoms with Crippen LogP contribution in [-0.2, 0) is 9.53 Å². The Morgan fingerprint density at radius 3 is 2.45 bits per heavy atom. The van der Waals surface area contributed by atoms with Gasteiger partial charge in [0.2, 0.25) is 0 Å². The number of amides is 2. The number of nitrogens with zero attached hydrogens (tertiary/aromatic N) is 1. The molecule has 0 aliphatic heterocycles. The molecule has 0 spiro atoms. The van der Waals surface area contributed by atoms with Crippen LogP contribution in [0.2, 0.25) is 0 Å². The molecule has 1 aromatic carbocycles. The summed E-state index contributed by atoms with van der Waals surface area (Å²) in [7, 11) is 0. The zero-order chi connectivity index (χ0) is 15.8. The molecule has 0 bridgehead atoms. The van der Waals surface area contributed by atoms with Crippen molar-refractivity contribution in [1.29, 1.82) is 0 Å². The maximum absolute atomic E-state index is 11.7. The summed E-state index contributed by atoms with van der Waals surface area (Å²) in [5.74, 6) is -0.320.